The van der Waals surface area contributed by atoms with Crippen LogP contribution in [-0.2, 0) is 19.7 Å². The van der Waals surface area contributed by atoms with Crippen LogP contribution in [0.5, 0.6) is 0 Å². The zero-order valence-corrected chi connectivity index (χ0v) is 15.0. The number of carbonyl (C=O) groups excluding carboxylic acids is 1. The summed E-state index contributed by atoms with van der Waals surface area (Å²) in [4.78, 5) is 15.7. The molecule has 4 heteroatoms. The number of rotatable bonds is 3. The first kappa shape index (κ1) is 17.3. The van der Waals surface area contributed by atoms with Crippen molar-refractivity contribution >= 4 is 5.91 Å². The van der Waals surface area contributed by atoms with Crippen molar-refractivity contribution < 1.29 is 14.3 Å². The standard InChI is InChI=1S/C22H25NO3/c24-21(22(11-14-25-15-12-22)19-9-5-2-6-10-19)23-13-16-26-20(17-23)18-7-3-1-4-8-18/h1-10,20H,11-17H2. The summed E-state index contributed by atoms with van der Waals surface area (Å²) in [7, 11) is 0. The highest BCUT2D eigenvalue weighted by Gasteiger charge is 2.45. The number of carbonyl (C=O) groups is 1. The van der Waals surface area contributed by atoms with E-state index in [1.54, 1.807) is 0 Å². The fourth-order valence-corrected chi connectivity index (χ4v) is 4.11. The predicted molar refractivity (Wildman–Crippen MR) is 99.9 cm³/mol. The number of hydrogen-bond donors (Lipinski definition) is 0. The summed E-state index contributed by atoms with van der Waals surface area (Å²) in [6, 6.07) is 20.4. The molecule has 136 valence electrons. The highest BCUT2D eigenvalue weighted by molar-refractivity contribution is 5.88. The molecule has 2 heterocycles. The van der Waals surface area contributed by atoms with Gasteiger partial charge >= 0.3 is 0 Å². The molecule has 2 aromatic rings. The Labute approximate surface area is 154 Å². The molecule has 0 saturated carbocycles. The molecule has 2 fully saturated rings. The van der Waals surface area contributed by atoms with Gasteiger partial charge in [0, 0.05) is 19.8 Å². The van der Waals surface area contributed by atoms with Crippen molar-refractivity contribution in [2.75, 3.05) is 32.9 Å². The minimum Gasteiger partial charge on any atom is -0.381 e. The Kier molecular flexibility index (Phi) is 5.05. The van der Waals surface area contributed by atoms with E-state index in [9.17, 15) is 4.79 Å². The van der Waals surface area contributed by atoms with Crippen LogP contribution in [0.3, 0.4) is 0 Å². The third kappa shape index (κ3) is 3.27. The van der Waals surface area contributed by atoms with E-state index < -0.39 is 5.41 Å². The Hall–Kier alpha value is -2.17. The second-order valence-corrected chi connectivity index (χ2v) is 7.08. The lowest BCUT2D eigenvalue weighted by atomic mass is 9.73. The molecule has 0 radical (unpaired) electrons. The Morgan fingerprint density at radius 2 is 1.58 bits per heavy atom. The second kappa shape index (κ2) is 7.60. The summed E-state index contributed by atoms with van der Waals surface area (Å²) in [6.07, 6.45) is 1.42. The summed E-state index contributed by atoms with van der Waals surface area (Å²) in [6.45, 7) is 3.10. The van der Waals surface area contributed by atoms with Crippen LogP contribution in [0.15, 0.2) is 60.7 Å². The van der Waals surface area contributed by atoms with Crippen LogP contribution in [0.25, 0.3) is 0 Å². The smallest absolute Gasteiger partial charge is 0.233 e. The van der Waals surface area contributed by atoms with Crippen molar-refractivity contribution in [3.63, 3.8) is 0 Å². The van der Waals surface area contributed by atoms with Gasteiger partial charge < -0.3 is 14.4 Å². The molecule has 4 nitrogen and oxygen atoms in total. The van der Waals surface area contributed by atoms with E-state index in [4.69, 9.17) is 9.47 Å². The molecule has 4 rings (SSSR count). The van der Waals surface area contributed by atoms with Gasteiger partial charge in [-0.15, -0.1) is 0 Å². The second-order valence-electron chi connectivity index (χ2n) is 7.08. The summed E-state index contributed by atoms with van der Waals surface area (Å²) in [5, 5.41) is 0. The van der Waals surface area contributed by atoms with E-state index in [1.807, 2.05) is 41.3 Å². The zero-order valence-electron chi connectivity index (χ0n) is 15.0. The number of benzene rings is 2. The average Bonchev–Trinajstić information content (AvgIpc) is 2.75. The lowest BCUT2D eigenvalue weighted by Gasteiger charge is -2.42. The van der Waals surface area contributed by atoms with E-state index in [0.717, 1.165) is 24.0 Å². The maximum Gasteiger partial charge on any atom is 0.233 e. The number of ether oxygens (including phenoxy) is 2. The van der Waals surface area contributed by atoms with Crippen LogP contribution < -0.4 is 0 Å². The molecule has 1 unspecified atom stereocenters. The summed E-state index contributed by atoms with van der Waals surface area (Å²) < 4.78 is 11.5. The Bertz CT molecular complexity index is 726. The number of amides is 1. The molecule has 2 aliphatic heterocycles. The van der Waals surface area contributed by atoms with E-state index >= 15 is 0 Å². The van der Waals surface area contributed by atoms with Crippen LogP contribution in [0.4, 0.5) is 0 Å². The molecule has 0 aliphatic carbocycles. The molecule has 0 bridgehead atoms. The first-order valence-electron chi connectivity index (χ1n) is 9.39. The monoisotopic (exact) mass is 351 g/mol. The Balaban J connectivity index is 1.59. The highest BCUT2D eigenvalue weighted by atomic mass is 16.5. The number of morpholine rings is 1. The van der Waals surface area contributed by atoms with E-state index in [-0.39, 0.29) is 12.0 Å². The van der Waals surface area contributed by atoms with Gasteiger partial charge in [0.1, 0.15) is 6.10 Å². The summed E-state index contributed by atoms with van der Waals surface area (Å²) in [5.41, 5.74) is 1.76. The fraction of sp³-hybridized carbons (Fsp3) is 0.409. The predicted octanol–water partition coefficient (Wildman–Crippen LogP) is 3.33. The van der Waals surface area contributed by atoms with E-state index in [0.29, 0.717) is 32.9 Å². The lowest BCUT2D eigenvalue weighted by Crippen LogP contribution is -2.53. The molecule has 2 saturated heterocycles. The van der Waals surface area contributed by atoms with Gasteiger partial charge in [0.05, 0.1) is 18.6 Å². The van der Waals surface area contributed by atoms with Crippen LogP contribution in [-0.4, -0.2) is 43.7 Å². The molecule has 1 amide bonds. The van der Waals surface area contributed by atoms with Crippen molar-refractivity contribution in [2.45, 2.75) is 24.4 Å². The molecule has 0 spiro atoms. The maximum absolute atomic E-state index is 13.7. The van der Waals surface area contributed by atoms with Gasteiger partial charge in [-0.2, -0.15) is 0 Å². The first-order chi connectivity index (χ1) is 12.8. The maximum atomic E-state index is 13.7. The van der Waals surface area contributed by atoms with Crippen molar-refractivity contribution in [1.29, 1.82) is 0 Å². The van der Waals surface area contributed by atoms with Crippen LogP contribution >= 0.6 is 0 Å². The van der Waals surface area contributed by atoms with E-state index in [2.05, 4.69) is 24.3 Å². The Morgan fingerprint density at radius 3 is 2.27 bits per heavy atom. The molecule has 0 aromatic heterocycles. The van der Waals surface area contributed by atoms with E-state index in [1.165, 1.54) is 0 Å². The quantitative estimate of drug-likeness (QED) is 0.851. The SMILES string of the molecule is O=C(N1CCOC(c2ccccc2)C1)C1(c2ccccc2)CCOCC1. The fourth-order valence-electron chi connectivity index (χ4n) is 4.11. The molecule has 2 aliphatic rings. The third-order valence-electron chi connectivity index (χ3n) is 5.61. The van der Waals surface area contributed by atoms with Crippen LogP contribution in [0.2, 0.25) is 0 Å². The van der Waals surface area contributed by atoms with Gasteiger partial charge in [-0.1, -0.05) is 60.7 Å². The molecule has 26 heavy (non-hydrogen) atoms. The lowest BCUT2D eigenvalue weighted by molar-refractivity contribution is -0.149. The van der Waals surface area contributed by atoms with Gasteiger partial charge in [0.15, 0.2) is 0 Å². The third-order valence-corrected chi connectivity index (χ3v) is 5.61. The number of nitrogens with zero attached hydrogens (tertiary/aromatic N) is 1. The van der Waals surface area contributed by atoms with Crippen LogP contribution in [0, 0.1) is 0 Å². The van der Waals surface area contributed by atoms with Crippen LogP contribution in [0.1, 0.15) is 30.1 Å². The van der Waals surface area contributed by atoms with Gasteiger partial charge in [0.25, 0.3) is 0 Å². The van der Waals surface area contributed by atoms with Crippen molar-refractivity contribution in [2.24, 2.45) is 0 Å². The summed E-state index contributed by atoms with van der Waals surface area (Å²) in [5.74, 6) is 0.219. The van der Waals surface area contributed by atoms with Gasteiger partial charge in [-0.25, -0.2) is 0 Å². The Morgan fingerprint density at radius 1 is 0.923 bits per heavy atom. The topological polar surface area (TPSA) is 38.8 Å². The molecule has 0 N–H and O–H groups in total. The van der Waals surface area contributed by atoms with Crippen molar-refractivity contribution in [3.05, 3.63) is 71.8 Å². The van der Waals surface area contributed by atoms with Crippen molar-refractivity contribution in [3.8, 4) is 0 Å². The van der Waals surface area contributed by atoms with Gasteiger partial charge in [-0.3, -0.25) is 4.79 Å². The minimum atomic E-state index is -0.474. The summed E-state index contributed by atoms with van der Waals surface area (Å²) >= 11 is 0. The minimum absolute atomic E-state index is 0.0541. The largest absolute Gasteiger partial charge is 0.381 e. The van der Waals surface area contributed by atoms with Gasteiger partial charge in [-0.05, 0) is 24.0 Å². The zero-order chi connectivity index (χ0) is 17.8. The molecule has 2 aromatic carbocycles. The average molecular weight is 351 g/mol. The van der Waals surface area contributed by atoms with Gasteiger partial charge in [0.2, 0.25) is 5.91 Å². The molecular formula is C22H25NO3. The first-order valence-corrected chi connectivity index (χ1v) is 9.39. The normalized spacial score (nSPS) is 22.8. The number of hydrogen-bond acceptors (Lipinski definition) is 3. The highest BCUT2D eigenvalue weighted by Crippen LogP contribution is 2.38. The van der Waals surface area contributed by atoms with Crippen molar-refractivity contribution in [1.82, 2.24) is 4.90 Å². The molecular weight excluding hydrogens is 326 g/mol. The molecule has 1 atom stereocenters.